The number of aromatic nitrogens is 2. The molecule has 31 heavy (non-hydrogen) atoms. The highest BCUT2D eigenvalue weighted by molar-refractivity contribution is 5.94. The summed E-state index contributed by atoms with van der Waals surface area (Å²) < 4.78 is 12.2. The van der Waals surface area contributed by atoms with E-state index in [1.165, 1.54) is 0 Å². The smallest absolute Gasteiger partial charge is 0.338 e. The average Bonchev–Trinajstić information content (AvgIpc) is 2.75. The van der Waals surface area contributed by atoms with Crippen molar-refractivity contribution < 1.29 is 19.1 Å². The first kappa shape index (κ1) is 22.0. The van der Waals surface area contributed by atoms with Crippen molar-refractivity contribution in [2.75, 3.05) is 19.8 Å². The van der Waals surface area contributed by atoms with Crippen LogP contribution in [0.4, 0.5) is 0 Å². The highest BCUT2D eigenvalue weighted by Crippen LogP contribution is 2.14. The van der Waals surface area contributed by atoms with Crippen LogP contribution in [-0.4, -0.2) is 41.2 Å². The minimum absolute atomic E-state index is 0.159. The van der Waals surface area contributed by atoms with Gasteiger partial charge in [-0.3, -0.25) is 9.59 Å². The molecule has 0 bridgehead atoms. The lowest BCUT2D eigenvalue weighted by Gasteiger charge is -2.10. The summed E-state index contributed by atoms with van der Waals surface area (Å²) >= 11 is 0. The first-order valence-corrected chi connectivity index (χ1v) is 10.0. The zero-order valence-electron chi connectivity index (χ0n) is 17.8. The molecule has 0 unspecified atom stereocenters. The zero-order chi connectivity index (χ0) is 22.4. The maximum atomic E-state index is 12.3. The molecule has 0 aliphatic heterocycles. The van der Waals surface area contributed by atoms with E-state index in [1.54, 1.807) is 29.7 Å². The van der Waals surface area contributed by atoms with Gasteiger partial charge in [-0.2, -0.15) is 0 Å². The number of amides is 1. The summed E-state index contributed by atoms with van der Waals surface area (Å²) in [6.07, 6.45) is 0. The summed E-state index contributed by atoms with van der Waals surface area (Å²) in [7, 11) is 0. The van der Waals surface area contributed by atoms with E-state index in [9.17, 15) is 14.4 Å². The Kier molecular flexibility index (Phi) is 7.02. The van der Waals surface area contributed by atoms with Gasteiger partial charge in [-0.25, -0.2) is 9.78 Å². The molecule has 1 N–H and O–H groups in total. The summed E-state index contributed by atoms with van der Waals surface area (Å²) in [5.41, 5.74) is 2.70. The van der Waals surface area contributed by atoms with Gasteiger partial charge in [-0.05, 0) is 56.7 Å². The Hall–Kier alpha value is -3.68. The maximum absolute atomic E-state index is 12.3. The highest BCUT2D eigenvalue weighted by atomic mass is 16.5. The van der Waals surface area contributed by atoms with Crippen molar-refractivity contribution in [1.29, 1.82) is 0 Å². The minimum atomic E-state index is -0.637. The Labute approximate surface area is 179 Å². The number of ether oxygens (including phenoxy) is 2. The molecule has 3 aromatic rings. The van der Waals surface area contributed by atoms with E-state index in [-0.39, 0.29) is 17.7 Å². The van der Waals surface area contributed by atoms with Crippen molar-refractivity contribution in [3.8, 4) is 5.75 Å². The topological polar surface area (TPSA) is 99.5 Å². The monoisotopic (exact) mass is 423 g/mol. The third kappa shape index (κ3) is 5.48. The first-order valence-electron chi connectivity index (χ1n) is 10.0. The predicted octanol–water partition coefficient (Wildman–Crippen LogP) is 2.39. The molecule has 0 aliphatic rings. The Morgan fingerprint density at radius 1 is 1.13 bits per heavy atom. The van der Waals surface area contributed by atoms with Gasteiger partial charge < -0.3 is 19.4 Å². The standard InChI is InChI=1S/C23H25N3O5/c1-4-26-20-9-8-17(13-19(20)25-16(3)22(26)28)23(29)31-14-21(27)24-10-11-30-18-7-5-6-15(2)12-18/h5-9,12-13H,4,10-11,14H2,1-3H3,(H,24,27). The number of benzene rings is 2. The predicted molar refractivity (Wildman–Crippen MR) is 116 cm³/mol. The number of fused-ring (bicyclic) bond motifs is 1. The maximum Gasteiger partial charge on any atom is 0.338 e. The van der Waals surface area contributed by atoms with E-state index in [1.807, 2.05) is 38.1 Å². The lowest BCUT2D eigenvalue weighted by atomic mass is 10.2. The summed E-state index contributed by atoms with van der Waals surface area (Å²) in [6.45, 7) is 6.16. The molecule has 162 valence electrons. The number of esters is 1. The van der Waals surface area contributed by atoms with E-state index in [2.05, 4.69) is 10.3 Å². The molecule has 8 heteroatoms. The van der Waals surface area contributed by atoms with Crippen molar-refractivity contribution in [2.24, 2.45) is 0 Å². The average molecular weight is 423 g/mol. The number of hydrogen-bond acceptors (Lipinski definition) is 6. The fraction of sp³-hybridized carbons (Fsp3) is 0.304. The quantitative estimate of drug-likeness (QED) is 0.441. The van der Waals surface area contributed by atoms with Gasteiger partial charge >= 0.3 is 5.97 Å². The van der Waals surface area contributed by atoms with E-state index >= 15 is 0 Å². The second-order valence-electron chi connectivity index (χ2n) is 7.04. The van der Waals surface area contributed by atoms with Gasteiger partial charge in [-0.15, -0.1) is 0 Å². The van der Waals surface area contributed by atoms with Crippen molar-refractivity contribution in [3.05, 3.63) is 69.6 Å². The molecule has 0 saturated carbocycles. The molecule has 1 amide bonds. The third-order valence-corrected chi connectivity index (χ3v) is 4.68. The number of carbonyl (C=O) groups excluding carboxylic acids is 2. The minimum Gasteiger partial charge on any atom is -0.492 e. The van der Waals surface area contributed by atoms with Crippen LogP contribution >= 0.6 is 0 Å². The van der Waals surface area contributed by atoms with Gasteiger partial charge in [-0.1, -0.05) is 12.1 Å². The van der Waals surface area contributed by atoms with Crippen molar-refractivity contribution in [1.82, 2.24) is 14.9 Å². The summed E-state index contributed by atoms with van der Waals surface area (Å²) in [5.74, 6) is -0.327. The molecular formula is C23H25N3O5. The van der Waals surface area contributed by atoms with Gasteiger partial charge in [0.1, 0.15) is 18.1 Å². The van der Waals surface area contributed by atoms with Crippen LogP contribution in [0.15, 0.2) is 47.3 Å². The van der Waals surface area contributed by atoms with Gasteiger partial charge in [0.2, 0.25) is 0 Å². The molecule has 0 radical (unpaired) electrons. The Morgan fingerprint density at radius 2 is 1.94 bits per heavy atom. The molecule has 0 aliphatic carbocycles. The molecule has 1 heterocycles. The summed E-state index contributed by atoms with van der Waals surface area (Å²) in [4.78, 5) is 40.7. The number of hydrogen-bond donors (Lipinski definition) is 1. The number of rotatable bonds is 8. The Balaban J connectivity index is 1.51. The lowest BCUT2D eigenvalue weighted by Crippen LogP contribution is -2.32. The zero-order valence-corrected chi connectivity index (χ0v) is 17.8. The SMILES string of the molecule is CCn1c(=O)c(C)nc2cc(C(=O)OCC(=O)NCCOc3cccc(C)c3)ccc21. The van der Waals surface area contributed by atoms with Gasteiger partial charge in [0, 0.05) is 6.54 Å². The molecule has 3 rings (SSSR count). The van der Waals surface area contributed by atoms with E-state index in [4.69, 9.17) is 9.47 Å². The van der Waals surface area contributed by atoms with Crippen LogP contribution in [0.5, 0.6) is 5.75 Å². The number of aryl methyl sites for hydroxylation is 3. The molecule has 2 aromatic carbocycles. The summed E-state index contributed by atoms with van der Waals surface area (Å²) in [6, 6.07) is 12.4. The number of carbonyl (C=O) groups is 2. The third-order valence-electron chi connectivity index (χ3n) is 4.68. The molecule has 8 nitrogen and oxygen atoms in total. The molecule has 0 fully saturated rings. The molecule has 0 saturated heterocycles. The van der Waals surface area contributed by atoms with E-state index < -0.39 is 18.5 Å². The second kappa shape index (κ2) is 9.88. The van der Waals surface area contributed by atoms with Crippen LogP contribution in [0.25, 0.3) is 11.0 Å². The Morgan fingerprint density at radius 3 is 2.68 bits per heavy atom. The van der Waals surface area contributed by atoms with Crippen molar-refractivity contribution in [2.45, 2.75) is 27.3 Å². The van der Waals surface area contributed by atoms with Crippen LogP contribution in [0.3, 0.4) is 0 Å². The second-order valence-corrected chi connectivity index (χ2v) is 7.04. The van der Waals surface area contributed by atoms with Crippen LogP contribution in [0.1, 0.15) is 28.5 Å². The van der Waals surface area contributed by atoms with Gasteiger partial charge in [0.05, 0.1) is 23.1 Å². The fourth-order valence-electron chi connectivity index (χ4n) is 3.15. The molecule has 0 spiro atoms. The lowest BCUT2D eigenvalue weighted by molar-refractivity contribution is -0.124. The molecular weight excluding hydrogens is 398 g/mol. The first-order chi connectivity index (χ1) is 14.9. The van der Waals surface area contributed by atoms with Crippen LogP contribution in [0, 0.1) is 13.8 Å². The van der Waals surface area contributed by atoms with Crippen LogP contribution in [0.2, 0.25) is 0 Å². The van der Waals surface area contributed by atoms with E-state index in [0.717, 1.165) is 11.3 Å². The van der Waals surface area contributed by atoms with Crippen LogP contribution < -0.4 is 15.6 Å². The fourth-order valence-corrected chi connectivity index (χ4v) is 3.15. The highest BCUT2D eigenvalue weighted by Gasteiger charge is 2.13. The molecule has 0 atom stereocenters. The largest absolute Gasteiger partial charge is 0.492 e. The van der Waals surface area contributed by atoms with E-state index in [0.29, 0.717) is 29.9 Å². The number of nitrogens with zero attached hydrogens (tertiary/aromatic N) is 2. The molecule has 1 aromatic heterocycles. The Bertz CT molecular complexity index is 1170. The van der Waals surface area contributed by atoms with Crippen molar-refractivity contribution >= 4 is 22.9 Å². The summed E-state index contributed by atoms with van der Waals surface area (Å²) in [5, 5.41) is 2.64. The van der Waals surface area contributed by atoms with Gasteiger partial charge in [0.15, 0.2) is 6.61 Å². The van der Waals surface area contributed by atoms with Gasteiger partial charge in [0.25, 0.3) is 11.5 Å². The number of nitrogens with one attached hydrogen (secondary N) is 1. The van der Waals surface area contributed by atoms with Crippen LogP contribution in [-0.2, 0) is 16.1 Å². The normalized spacial score (nSPS) is 10.7. The van der Waals surface area contributed by atoms with Crippen molar-refractivity contribution in [3.63, 3.8) is 0 Å².